The standard InChI is InChI=1S/C30H46N4O8/c1-30(2,3)42-29(41)34-24(28(39)40)25(36)23(33-22(35)17-11-10-14-19-12-6-4-7-13-19)27(38)32-21(26(31)37)18-20-15-8-5-9-16-20/h5,8-9,15-16,19,21,23-25,36H,4,6-7,10-14,17-18H2,1-3H3,(H2,31,37)(H,32,38)(H,33,35)(H,34,41)(H,39,40)/t21?,23?,24-,25-/m0/s1. The second-order valence-corrected chi connectivity index (χ2v) is 11.9. The quantitative estimate of drug-likeness (QED) is 0.167. The molecule has 0 bridgehead atoms. The minimum atomic E-state index is -2.12. The molecule has 4 amide bonds. The van der Waals surface area contributed by atoms with Crippen molar-refractivity contribution in [2.24, 2.45) is 11.7 Å². The van der Waals surface area contributed by atoms with E-state index >= 15 is 0 Å². The number of benzene rings is 1. The third-order valence-corrected chi connectivity index (χ3v) is 7.15. The summed E-state index contributed by atoms with van der Waals surface area (Å²) in [7, 11) is 0. The zero-order valence-electron chi connectivity index (χ0n) is 24.8. The van der Waals surface area contributed by atoms with E-state index in [1.54, 1.807) is 51.1 Å². The Labute approximate surface area is 247 Å². The number of carbonyl (C=O) groups excluding carboxylic acids is 4. The predicted molar refractivity (Wildman–Crippen MR) is 155 cm³/mol. The van der Waals surface area contributed by atoms with Gasteiger partial charge in [-0.15, -0.1) is 0 Å². The maximum Gasteiger partial charge on any atom is 0.408 e. The van der Waals surface area contributed by atoms with Crippen molar-refractivity contribution >= 4 is 29.8 Å². The lowest BCUT2D eigenvalue weighted by atomic mass is 9.85. The second kappa shape index (κ2) is 16.7. The van der Waals surface area contributed by atoms with E-state index in [0.29, 0.717) is 17.9 Å². The number of carbonyl (C=O) groups is 5. The minimum absolute atomic E-state index is 0.0262. The maximum absolute atomic E-state index is 13.4. The van der Waals surface area contributed by atoms with Gasteiger partial charge in [-0.2, -0.15) is 0 Å². The number of alkyl carbamates (subject to hydrolysis) is 1. The van der Waals surface area contributed by atoms with Crippen molar-refractivity contribution in [2.45, 2.75) is 115 Å². The third kappa shape index (κ3) is 12.5. The normalized spacial score (nSPS) is 16.8. The van der Waals surface area contributed by atoms with Gasteiger partial charge in [-0.3, -0.25) is 14.4 Å². The van der Waals surface area contributed by atoms with E-state index in [0.717, 1.165) is 12.8 Å². The monoisotopic (exact) mass is 590 g/mol. The van der Waals surface area contributed by atoms with E-state index in [2.05, 4.69) is 16.0 Å². The number of aliphatic carboxylic acids is 1. The van der Waals surface area contributed by atoms with Crippen LogP contribution in [0, 0.1) is 5.92 Å². The number of aliphatic hydroxyl groups is 1. The van der Waals surface area contributed by atoms with Crippen molar-refractivity contribution in [1.29, 1.82) is 0 Å². The summed E-state index contributed by atoms with van der Waals surface area (Å²) in [6.45, 7) is 4.71. The van der Waals surface area contributed by atoms with Crippen LogP contribution in [0.3, 0.4) is 0 Å². The van der Waals surface area contributed by atoms with Crippen molar-refractivity contribution < 1.29 is 38.9 Å². The fourth-order valence-electron chi connectivity index (χ4n) is 5.00. The number of nitrogens with one attached hydrogen (secondary N) is 3. The molecular weight excluding hydrogens is 544 g/mol. The van der Waals surface area contributed by atoms with Crippen LogP contribution >= 0.6 is 0 Å². The van der Waals surface area contributed by atoms with Crippen LogP contribution in [-0.4, -0.2) is 69.8 Å². The van der Waals surface area contributed by atoms with Crippen molar-refractivity contribution in [3.8, 4) is 0 Å². The number of hydrogen-bond donors (Lipinski definition) is 6. The maximum atomic E-state index is 13.4. The lowest BCUT2D eigenvalue weighted by molar-refractivity contribution is -0.145. The Balaban J connectivity index is 2.17. The average Bonchev–Trinajstić information content (AvgIpc) is 2.92. The summed E-state index contributed by atoms with van der Waals surface area (Å²) in [6.07, 6.45) is 5.25. The lowest BCUT2D eigenvalue weighted by Gasteiger charge is -2.30. The third-order valence-electron chi connectivity index (χ3n) is 7.15. The topological polar surface area (TPSA) is 197 Å². The Morgan fingerprint density at radius 1 is 0.952 bits per heavy atom. The first-order valence-corrected chi connectivity index (χ1v) is 14.6. The molecule has 12 nitrogen and oxygen atoms in total. The van der Waals surface area contributed by atoms with Crippen LogP contribution in [0.15, 0.2) is 30.3 Å². The van der Waals surface area contributed by atoms with Crippen molar-refractivity contribution in [3.63, 3.8) is 0 Å². The zero-order chi connectivity index (χ0) is 31.3. The molecule has 234 valence electrons. The molecule has 1 aromatic carbocycles. The minimum Gasteiger partial charge on any atom is -0.480 e. The molecule has 1 aromatic rings. The van der Waals surface area contributed by atoms with E-state index in [4.69, 9.17) is 10.5 Å². The number of hydrogen-bond acceptors (Lipinski definition) is 7. The average molecular weight is 591 g/mol. The summed E-state index contributed by atoms with van der Waals surface area (Å²) >= 11 is 0. The first kappa shape index (κ1) is 34.5. The highest BCUT2D eigenvalue weighted by Gasteiger charge is 2.40. The summed E-state index contributed by atoms with van der Waals surface area (Å²) in [5.41, 5.74) is 5.24. The Bertz CT molecular complexity index is 1050. The molecule has 0 aromatic heterocycles. The van der Waals surface area contributed by atoms with Gasteiger partial charge in [-0.25, -0.2) is 9.59 Å². The lowest BCUT2D eigenvalue weighted by Crippen LogP contribution is -2.63. The Kier molecular flexibility index (Phi) is 13.7. The van der Waals surface area contributed by atoms with Crippen LogP contribution in [0.4, 0.5) is 4.79 Å². The summed E-state index contributed by atoms with van der Waals surface area (Å²) in [5.74, 6) is -3.50. The van der Waals surface area contributed by atoms with Crippen LogP contribution in [-0.2, 0) is 30.3 Å². The smallest absolute Gasteiger partial charge is 0.408 e. The molecule has 0 aliphatic heterocycles. The van der Waals surface area contributed by atoms with Gasteiger partial charge in [0.2, 0.25) is 17.7 Å². The Hall–Kier alpha value is -3.67. The number of ether oxygens (including phenoxy) is 1. The largest absolute Gasteiger partial charge is 0.480 e. The number of nitrogens with two attached hydrogens (primary N) is 1. The van der Waals surface area contributed by atoms with E-state index in [-0.39, 0.29) is 12.8 Å². The molecule has 2 rings (SSSR count). The van der Waals surface area contributed by atoms with Crippen LogP contribution in [0.1, 0.15) is 84.1 Å². The SMILES string of the molecule is CC(C)(C)OC(=O)N[C@H](C(=O)O)[C@@H](O)C(NC(=O)CCCCC1CCCCC1)C(=O)NC(Cc1ccccc1)C(N)=O. The second-order valence-electron chi connectivity index (χ2n) is 11.9. The Morgan fingerprint density at radius 3 is 2.17 bits per heavy atom. The molecule has 0 saturated heterocycles. The summed E-state index contributed by atoms with van der Waals surface area (Å²) in [5, 5.41) is 27.7. The number of primary amides is 1. The molecule has 12 heteroatoms. The van der Waals surface area contributed by atoms with Crippen molar-refractivity contribution in [1.82, 2.24) is 16.0 Å². The van der Waals surface area contributed by atoms with Gasteiger partial charge in [0.25, 0.3) is 0 Å². The van der Waals surface area contributed by atoms with E-state index in [1.165, 1.54) is 32.1 Å². The molecular formula is C30H46N4O8. The van der Waals surface area contributed by atoms with Crippen LogP contribution in [0.25, 0.3) is 0 Å². The molecule has 1 aliphatic rings. The van der Waals surface area contributed by atoms with Gasteiger partial charge in [0.05, 0.1) is 0 Å². The van der Waals surface area contributed by atoms with Crippen LogP contribution < -0.4 is 21.7 Å². The van der Waals surface area contributed by atoms with Crippen LogP contribution in [0.2, 0.25) is 0 Å². The molecule has 0 spiro atoms. The molecule has 1 saturated carbocycles. The molecule has 2 unspecified atom stereocenters. The van der Waals surface area contributed by atoms with Gasteiger partial charge in [-0.1, -0.05) is 75.3 Å². The van der Waals surface area contributed by atoms with Gasteiger partial charge in [-0.05, 0) is 38.7 Å². The Morgan fingerprint density at radius 2 is 1.60 bits per heavy atom. The van der Waals surface area contributed by atoms with E-state index in [1.807, 2.05) is 0 Å². The number of carboxylic acids is 1. The van der Waals surface area contributed by atoms with E-state index < -0.39 is 59.6 Å². The number of rotatable bonds is 15. The first-order valence-electron chi connectivity index (χ1n) is 14.6. The van der Waals surface area contributed by atoms with Gasteiger partial charge < -0.3 is 36.6 Å². The molecule has 1 fully saturated rings. The van der Waals surface area contributed by atoms with E-state index in [9.17, 15) is 34.2 Å². The van der Waals surface area contributed by atoms with Crippen LogP contribution in [0.5, 0.6) is 0 Å². The van der Waals surface area contributed by atoms with Crippen molar-refractivity contribution in [3.05, 3.63) is 35.9 Å². The van der Waals surface area contributed by atoms with Gasteiger partial charge in [0.15, 0.2) is 6.04 Å². The molecule has 7 N–H and O–H groups in total. The van der Waals surface area contributed by atoms with Crippen molar-refractivity contribution in [2.75, 3.05) is 0 Å². The number of unbranched alkanes of at least 4 members (excludes halogenated alkanes) is 1. The fourth-order valence-corrected chi connectivity index (χ4v) is 5.00. The summed E-state index contributed by atoms with van der Waals surface area (Å²) in [6, 6.07) is 3.66. The zero-order valence-corrected chi connectivity index (χ0v) is 24.8. The molecule has 42 heavy (non-hydrogen) atoms. The van der Waals surface area contributed by atoms with Gasteiger partial charge >= 0.3 is 12.1 Å². The summed E-state index contributed by atoms with van der Waals surface area (Å²) in [4.78, 5) is 62.8. The first-order chi connectivity index (χ1) is 19.8. The molecule has 0 heterocycles. The molecule has 4 atom stereocenters. The number of aliphatic hydroxyl groups excluding tert-OH is 1. The molecule has 1 aliphatic carbocycles. The highest BCUT2D eigenvalue weighted by Crippen LogP contribution is 2.27. The number of amides is 4. The number of carboxylic acid groups (broad SMARTS) is 1. The summed E-state index contributed by atoms with van der Waals surface area (Å²) < 4.78 is 5.09. The van der Waals surface area contributed by atoms with Gasteiger partial charge in [0.1, 0.15) is 23.8 Å². The fraction of sp³-hybridized carbons (Fsp3) is 0.633. The predicted octanol–water partition coefficient (Wildman–Crippen LogP) is 2.16. The highest BCUT2D eigenvalue weighted by molar-refractivity contribution is 5.93. The highest BCUT2D eigenvalue weighted by atomic mass is 16.6. The molecule has 0 radical (unpaired) electrons. The van der Waals surface area contributed by atoms with Gasteiger partial charge in [0, 0.05) is 12.8 Å².